The van der Waals surface area contributed by atoms with Gasteiger partial charge < -0.3 is 9.84 Å². The van der Waals surface area contributed by atoms with E-state index in [0.717, 1.165) is 0 Å². The number of halogens is 3. The topological polar surface area (TPSA) is 29.5 Å². The molecule has 1 N–H and O–H groups in total. The Labute approximate surface area is 120 Å². The Balaban J connectivity index is 2.37. The number of aliphatic hydroxyl groups is 1. The molecule has 2 aromatic carbocycles. The highest BCUT2D eigenvalue weighted by Crippen LogP contribution is 2.37. The molecule has 0 saturated heterocycles. The van der Waals surface area contributed by atoms with Crippen molar-refractivity contribution in [1.82, 2.24) is 0 Å². The predicted molar refractivity (Wildman–Crippen MR) is 73.9 cm³/mol. The number of hydrogen-bond acceptors (Lipinski definition) is 2. The lowest BCUT2D eigenvalue weighted by Gasteiger charge is -2.11. The Morgan fingerprint density at radius 1 is 0.889 bits per heavy atom. The first-order chi connectivity index (χ1) is 8.61. The van der Waals surface area contributed by atoms with Crippen LogP contribution in [0, 0.1) is 0 Å². The fourth-order valence-electron chi connectivity index (χ4n) is 1.44. The molecule has 94 valence electrons. The van der Waals surface area contributed by atoms with Gasteiger partial charge in [0.15, 0.2) is 0 Å². The highest BCUT2D eigenvalue weighted by Gasteiger charge is 2.10. The minimum absolute atomic E-state index is 0.116. The number of para-hydroxylation sites is 1. The molecular weight excluding hydrogens is 294 g/mol. The molecule has 0 spiro atoms. The normalized spacial score (nSPS) is 10.4. The van der Waals surface area contributed by atoms with Crippen LogP contribution in [-0.4, -0.2) is 5.11 Å². The van der Waals surface area contributed by atoms with E-state index >= 15 is 0 Å². The zero-order valence-corrected chi connectivity index (χ0v) is 11.4. The average molecular weight is 304 g/mol. The van der Waals surface area contributed by atoms with Crippen LogP contribution in [0.25, 0.3) is 0 Å². The summed E-state index contributed by atoms with van der Waals surface area (Å²) in [4.78, 5) is 0. The van der Waals surface area contributed by atoms with Crippen LogP contribution in [0.2, 0.25) is 15.1 Å². The quantitative estimate of drug-likeness (QED) is 0.815. The third-order valence-electron chi connectivity index (χ3n) is 2.34. The monoisotopic (exact) mass is 302 g/mol. The first-order valence-corrected chi connectivity index (χ1v) is 6.26. The van der Waals surface area contributed by atoms with Crippen molar-refractivity contribution < 1.29 is 9.84 Å². The maximum absolute atomic E-state index is 9.20. The summed E-state index contributed by atoms with van der Waals surface area (Å²) >= 11 is 17.8. The van der Waals surface area contributed by atoms with E-state index in [4.69, 9.17) is 39.5 Å². The molecule has 0 fully saturated rings. The van der Waals surface area contributed by atoms with Gasteiger partial charge in [0, 0.05) is 11.6 Å². The van der Waals surface area contributed by atoms with E-state index in [1.54, 1.807) is 24.3 Å². The number of aliphatic hydroxyl groups excluding tert-OH is 1. The van der Waals surface area contributed by atoms with Gasteiger partial charge in [-0.2, -0.15) is 0 Å². The first kappa shape index (κ1) is 13.5. The Kier molecular flexibility index (Phi) is 4.36. The van der Waals surface area contributed by atoms with E-state index in [0.29, 0.717) is 32.1 Å². The van der Waals surface area contributed by atoms with E-state index < -0.39 is 0 Å². The molecule has 0 unspecified atom stereocenters. The average Bonchev–Trinajstić information content (AvgIpc) is 2.36. The fraction of sp³-hybridized carbons (Fsp3) is 0.0769. The van der Waals surface area contributed by atoms with Gasteiger partial charge in [0.05, 0.1) is 21.7 Å². The van der Waals surface area contributed by atoms with Gasteiger partial charge in [-0.15, -0.1) is 0 Å². The van der Waals surface area contributed by atoms with E-state index in [9.17, 15) is 5.11 Å². The maximum Gasteiger partial charge on any atom is 0.147 e. The molecule has 2 rings (SSSR count). The second kappa shape index (κ2) is 5.81. The molecule has 18 heavy (non-hydrogen) atoms. The minimum atomic E-state index is -0.116. The summed E-state index contributed by atoms with van der Waals surface area (Å²) in [7, 11) is 0. The lowest BCUT2D eigenvalue weighted by Crippen LogP contribution is -1.92. The molecule has 0 radical (unpaired) electrons. The summed E-state index contributed by atoms with van der Waals surface area (Å²) in [6.45, 7) is -0.116. The van der Waals surface area contributed by atoms with Crippen molar-refractivity contribution in [1.29, 1.82) is 0 Å². The molecule has 0 atom stereocenters. The van der Waals surface area contributed by atoms with Crippen LogP contribution >= 0.6 is 34.8 Å². The second-order valence-electron chi connectivity index (χ2n) is 3.56. The van der Waals surface area contributed by atoms with Crippen LogP contribution in [0.4, 0.5) is 0 Å². The molecule has 0 aliphatic heterocycles. The first-order valence-electron chi connectivity index (χ1n) is 5.13. The van der Waals surface area contributed by atoms with Gasteiger partial charge in [-0.1, -0.05) is 53.0 Å². The van der Waals surface area contributed by atoms with Crippen molar-refractivity contribution in [3.63, 3.8) is 0 Å². The number of rotatable bonds is 3. The highest BCUT2D eigenvalue weighted by atomic mass is 35.5. The zero-order chi connectivity index (χ0) is 13.1. The Hall–Kier alpha value is -0.930. The third-order valence-corrected chi connectivity index (χ3v) is 3.36. The van der Waals surface area contributed by atoms with Gasteiger partial charge >= 0.3 is 0 Å². The molecule has 2 aromatic rings. The number of hydrogen-bond donors (Lipinski definition) is 1. The molecule has 0 aliphatic carbocycles. The standard InChI is InChI=1S/C13H9Cl3O2/c14-9-5-11(16)13(6-10(9)15)18-12-4-2-1-3-8(12)7-17/h1-6,17H,7H2. The van der Waals surface area contributed by atoms with Crippen LogP contribution in [0.15, 0.2) is 36.4 Å². The highest BCUT2D eigenvalue weighted by molar-refractivity contribution is 6.43. The lowest BCUT2D eigenvalue weighted by molar-refractivity contribution is 0.276. The van der Waals surface area contributed by atoms with Gasteiger partial charge in [0.2, 0.25) is 0 Å². The van der Waals surface area contributed by atoms with Gasteiger partial charge in [0.1, 0.15) is 11.5 Å². The van der Waals surface area contributed by atoms with Gasteiger partial charge in [0.25, 0.3) is 0 Å². The molecule has 5 heteroatoms. The van der Waals surface area contributed by atoms with Crippen molar-refractivity contribution in [2.24, 2.45) is 0 Å². The van der Waals surface area contributed by atoms with Crippen molar-refractivity contribution in [3.05, 3.63) is 57.0 Å². The van der Waals surface area contributed by atoms with Crippen LogP contribution in [-0.2, 0) is 6.61 Å². The van der Waals surface area contributed by atoms with Crippen LogP contribution in [0.3, 0.4) is 0 Å². The van der Waals surface area contributed by atoms with E-state index in [1.165, 1.54) is 6.07 Å². The summed E-state index contributed by atoms with van der Waals surface area (Å²) in [5.74, 6) is 0.923. The molecular formula is C13H9Cl3O2. The smallest absolute Gasteiger partial charge is 0.147 e. The summed E-state index contributed by atoms with van der Waals surface area (Å²) in [5.41, 5.74) is 0.666. The summed E-state index contributed by atoms with van der Waals surface area (Å²) in [6.07, 6.45) is 0. The fourth-order valence-corrected chi connectivity index (χ4v) is 2.01. The number of benzene rings is 2. The Morgan fingerprint density at radius 2 is 1.56 bits per heavy atom. The Bertz CT molecular complexity index is 570. The summed E-state index contributed by atoms with van der Waals surface area (Å²) < 4.78 is 5.63. The SMILES string of the molecule is OCc1ccccc1Oc1cc(Cl)c(Cl)cc1Cl. The molecule has 0 heterocycles. The van der Waals surface area contributed by atoms with E-state index in [-0.39, 0.29) is 6.61 Å². The van der Waals surface area contributed by atoms with Crippen molar-refractivity contribution >= 4 is 34.8 Å². The van der Waals surface area contributed by atoms with Crippen molar-refractivity contribution in [2.45, 2.75) is 6.61 Å². The van der Waals surface area contributed by atoms with Crippen molar-refractivity contribution in [2.75, 3.05) is 0 Å². The number of ether oxygens (including phenoxy) is 1. The minimum Gasteiger partial charge on any atom is -0.455 e. The molecule has 2 nitrogen and oxygen atoms in total. The molecule has 0 aliphatic rings. The van der Waals surface area contributed by atoms with Crippen LogP contribution in [0.1, 0.15) is 5.56 Å². The van der Waals surface area contributed by atoms with Gasteiger partial charge in [-0.05, 0) is 12.1 Å². The van der Waals surface area contributed by atoms with Crippen LogP contribution in [0.5, 0.6) is 11.5 Å². The molecule has 0 aromatic heterocycles. The Morgan fingerprint density at radius 3 is 2.28 bits per heavy atom. The summed E-state index contributed by atoms with van der Waals surface area (Å²) in [5, 5.41) is 10.3. The maximum atomic E-state index is 9.20. The van der Waals surface area contributed by atoms with Crippen molar-refractivity contribution in [3.8, 4) is 11.5 Å². The molecule has 0 bridgehead atoms. The molecule has 0 saturated carbocycles. The third kappa shape index (κ3) is 2.90. The summed E-state index contributed by atoms with van der Waals surface area (Å²) in [6, 6.07) is 10.2. The van der Waals surface area contributed by atoms with E-state index in [1.807, 2.05) is 6.07 Å². The van der Waals surface area contributed by atoms with Gasteiger partial charge in [-0.3, -0.25) is 0 Å². The lowest BCUT2D eigenvalue weighted by atomic mass is 10.2. The largest absolute Gasteiger partial charge is 0.455 e. The predicted octanol–water partition coefficient (Wildman–Crippen LogP) is 4.93. The van der Waals surface area contributed by atoms with E-state index in [2.05, 4.69) is 0 Å². The van der Waals surface area contributed by atoms with Crippen LogP contribution < -0.4 is 4.74 Å². The van der Waals surface area contributed by atoms with Gasteiger partial charge in [-0.25, -0.2) is 0 Å². The molecule has 0 amide bonds. The zero-order valence-electron chi connectivity index (χ0n) is 9.16. The second-order valence-corrected chi connectivity index (χ2v) is 4.79.